The first-order chi connectivity index (χ1) is 20.0. The Morgan fingerprint density at radius 3 is 1.88 bits per heavy atom. The van der Waals surface area contributed by atoms with E-state index in [1.807, 2.05) is 26.0 Å². The van der Waals surface area contributed by atoms with E-state index in [0.717, 1.165) is 80.1 Å². The molecule has 0 radical (unpaired) electrons. The number of nitrogens with zero attached hydrogens (tertiary/aromatic N) is 7. The van der Waals surface area contributed by atoms with Gasteiger partial charge >= 0.3 is 27.2 Å². The number of pyridine rings is 3. The Hall–Kier alpha value is -3.40. The van der Waals surface area contributed by atoms with Crippen LogP contribution in [0.25, 0.3) is 17.1 Å². The Bertz CT molecular complexity index is 1610. The minimum atomic E-state index is -4.62. The van der Waals surface area contributed by atoms with Crippen molar-refractivity contribution in [3.05, 3.63) is 77.6 Å². The van der Waals surface area contributed by atoms with Gasteiger partial charge in [-0.25, -0.2) is 8.78 Å². The van der Waals surface area contributed by atoms with Gasteiger partial charge in [0.1, 0.15) is 11.9 Å². The maximum atomic E-state index is 14.8. The second kappa shape index (κ2) is 11.9. The molecular weight excluding hydrogens is 748 g/mol. The quantitative estimate of drug-likeness (QED) is 0.133. The molecule has 0 atom stereocenters. The van der Waals surface area contributed by atoms with E-state index >= 15 is 0 Å². The number of halogens is 5. The van der Waals surface area contributed by atoms with Crippen molar-refractivity contribution in [2.24, 2.45) is 0 Å². The smallest absolute Gasteiger partial charge is 0.372 e. The van der Waals surface area contributed by atoms with E-state index < -0.39 is 29.2 Å². The Morgan fingerprint density at radius 1 is 0.744 bits per heavy atom. The molecule has 6 rings (SSSR count). The van der Waals surface area contributed by atoms with Crippen molar-refractivity contribution in [2.75, 3.05) is 36.0 Å². The first kappa shape index (κ1) is 31.0. The molecule has 0 saturated carbocycles. The van der Waals surface area contributed by atoms with E-state index in [4.69, 9.17) is 9.97 Å². The van der Waals surface area contributed by atoms with Crippen molar-refractivity contribution < 1.29 is 43.0 Å². The van der Waals surface area contributed by atoms with Gasteiger partial charge in [-0.05, 0) is 57.4 Å². The molecule has 0 spiro atoms. The SMILES string of the molecule is CC(C)(c1cc(N2CCCC2)cc(-c2[c-]cc(F)nc2F)n1)c1cc(N2CCCC2)cc(-n2[c-]cc(C(F)(F)F)n2)n1.[Pt+2]. The van der Waals surface area contributed by atoms with Crippen LogP contribution in [0.4, 0.5) is 33.3 Å². The van der Waals surface area contributed by atoms with E-state index in [0.29, 0.717) is 11.4 Å². The molecule has 4 aromatic heterocycles. The molecular formula is C30H28F5N7Pt. The van der Waals surface area contributed by atoms with Crippen LogP contribution in [-0.4, -0.2) is 50.9 Å². The first-order valence-electron chi connectivity index (χ1n) is 13.8. The molecule has 13 heteroatoms. The summed E-state index contributed by atoms with van der Waals surface area (Å²) in [5, 5.41) is 3.70. The summed E-state index contributed by atoms with van der Waals surface area (Å²) < 4.78 is 69.4. The number of aromatic nitrogens is 5. The zero-order chi connectivity index (χ0) is 29.6. The first-order valence-corrected chi connectivity index (χ1v) is 13.8. The summed E-state index contributed by atoms with van der Waals surface area (Å²) in [5.74, 6) is -1.81. The molecule has 2 aliphatic rings. The predicted octanol–water partition coefficient (Wildman–Crippen LogP) is 6.15. The van der Waals surface area contributed by atoms with Crippen LogP contribution in [0, 0.1) is 24.2 Å². The summed E-state index contributed by atoms with van der Waals surface area (Å²) in [6.07, 6.45) is 1.96. The van der Waals surface area contributed by atoms with Crippen LogP contribution in [0.3, 0.4) is 0 Å². The molecule has 0 N–H and O–H groups in total. The van der Waals surface area contributed by atoms with Gasteiger partial charge in [0.15, 0.2) is 0 Å². The van der Waals surface area contributed by atoms with Gasteiger partial charge < -0.3 is 19.5 Å². The summed E-state index contributed by atoms with van der Waals surface area (Å²) in [7, 11) is 0. The summed E-state index contributed by atoms with van der Waals surface area (Å²) in [5.41, 5.74) is 0.958. The molecule has 0 unspecified atom stereocenters. The molecule has 0 amide bonds. The van der Waals surface area contributed by atoms with Crippen molar-refractivity contribution in [1.82, 2.24) is 24.7 Å². The van der Waals surface area contributed by atoms with Crippen LogP contribution >= 0.6 is 0 Å². The number of hydrogen-bond donors (Lipinski definition) is 0. The fourth-order valence-electron chi connectivity index (χ4n) is 5.44. The second-order valence-corrected chi connectivity index (χ2v) is 11.1. The Balaban J connectivity index is 0.00000368. The van der Waals surface area contributed by atoms with E-state index in [1.165, 1.54) is 0 Å². The fourth-order valence-corrected chi connectivity index (χ4v) is 5.44. The summed E-state index contributed by atoms with van der Waals surface area (Å²) >= 11 is 0. The third-order valence-corrected chi connectivity index (χ3v) is 7.87. The molecule has 0 aromatic carbocycles. The molecule has 2 saturated heterocycles. The maximum Gasteiger partial charge on any atom is 2.00 e. The summed E-state index contributed by atoms with van der Waals surface area (Å²) in [4.78, 5) is 17.2. The minimum absolute atomic E-state index is 0. The van der Waals surface area contributed by atoms with Crippen LogP contribution in [0.15, 0.2) is 36.4 Å². The molecule has 2 fully saturated rings. The van der Waals surface area contributed by atoms with Crippen LogP contribution in [0.2, 0.25) is 0 Å². The van der Waals surface area contributed by atoms with E-state index in [2.05, 4.69) is 32.1 Å². The molecule has 6 heterocycles. The van der Waals surface area contributed by atoms with E-state index in [-0.39, 0.29) is 38.1 Å². The molecule has 228 valence electrons. The average Bonchev–Trinajstić information content (AvgIpc) is 3.75. The molecule has 0 aliphatic carbocycles. The Kier molecular flexibility index (Phi) is 8.62. The van der Waals surface area contributed by atoms with Crippen molar-refractivity contribution in [3.63, 3.8) is 0 Å². The standard InChI is InChI=1S/C30H28F5N7.Pt/c1-29(2,24-16-19(40-10-3-4-11-40)15-22(36-24)21-7-8-26(31)38-28(21)32)25-17-20(41-12-5-6-13-41)18-27(37-25)42-14-9-23(39-42)30(33,34)35;/h8-9,15-18H,3-6,10-13H2,1-2H3;/q-2;+2. The van der Waals surface area contributed by atoms with Gasteiger partial charge in [-0.3, -0.25) is 15.1 Å². The third kappa shape index (κ3) is 6.30. The zero-order valence-corrected chi connectivity index (χ0v) is 25.7. The van der Waals surface area contributed by atoms with Gasteiger partial charge in [-0.2, -0.15) is 13.2 Å². The maximum absolute atomic E-state index is 14.8. The fraction of sp³-hybridized carbons (Fsp3) is 0.400. The van der Waals surface area contributed by atoms with Crippen molar-refractivity contribution in [1.29, 1.82) is 0 Å². The Labute approximate surface area is 260 Å². The number of rotatable bonds is 6. The molecule has 0 bridgehead atoms. The van der Waals surface area contributed by atoms with Gasteiger partial charge in [0.25, 0.3) is 0 Å². The van der Waals surface area contributed by atoms with Gasteiger partial charge in [0, 0.05) is 54.4 Å². The number of alkyl halides is 3. The van der Waals surface area contributed by atoms with Crippen LogP contribution in [-0.2, 0) is 32.7 Å². The largest absolute Gasteiger partial charge is 2.00 e. The molecule has 7 nitrogen and oxygen atoms in total. The monoisotopic (exact) mass is 776 g/mol. The molecule has 2 aliphatic heterocycles. The van der Waals surface area contributed by atoms with Crippen LogP contribution in [0.5, 0.6) is 0 Å². The van der Waals surface area contributed by atoms with Gasteiger partial charge in [-0.1, -0.05) is 30.0 Å². The number of anilines is 2. The van der Waals surface area contributed by atoms with E-state index in [9.17, 15) is 22.0 Å². The topological polar surface area (TPSA) is 63.0 Å². The zero-order valence-electron chi connectivity index (χ0n) is 23.5. The predicted molar refractivity (Wildman–Crippen MR) is 146 cm³/mol. The average molecular weight is 777 g/mol. The van der Waals surface area contributed by atoms with E-state index in [1.54, 1.807) is 12.1 Å². The van der Waals surface area contributed by atoms with Crippen molar-refractivity contribution in [2.45, 2.75) is 51.1 Å². The van der Waals surface area contributed by atoms with Gasteiger partial charge in [0.2, 0.25) is 0 Å². The van der Waals surface area contributed by atoms with Crippen LogP contribution < -0.4 is 9.80 Å². The second-order valence-electron chi connectivity index (χ2n) is 11.1. The molecule has 4 aromatic rings. The van der Waals surface area contributed by atoms with Crippen molar-refractivity contribution in [3.8, 4) is 17.1 Å². The van der Waals surface area contributed by atoms with Gasteiger partial charge in [0.05, 0.1) is 11.5 Å². The summed E-state index contributed by atoms with van der Waals surface area (Å²) in [6, 6.07) is 11.7. The minimum Gasteiger partial charge on any atom is -0.372 e. The molecule has 43 heavy (non-hydrogen) atoms. The summed E-state index contributed by atoms with van der Waals surface area (Å²) in [6.45, 7) is 7.06. The van der Waals surface area contributed by atoms with Crippen molar-refractivity contribution >= 4 is 11.4 Å². The number of hydrogen-bond acceptors (Lipinski definition) is 6. The van der Waals surface area contributed by atoms with Crippen LogP contribution in [0.1, 0.15) is 56.6 Å². The Morgan fingerprint density at radius 2 is 1.33 bits per heavy atom. The van der Waals surface area contributed by atoms with Gasteiger partial charge in [-0.15, -0.1) is 12.1 Å². The third-order valence-electron chi connectivity index (χ3n) is 7.87. The normalized spacial score (nSPS) is 15.7.